The van der Waals surface area contributed by atoms with Crippen LogP contribution >= 0.6 is 0 Å². The van der Waals surface area contributed by atoms with Gasteiger partial charge < -0.3 is 0 Å². The summed E-state index contributed by atoms with van der Waals surface area (Å²) in [5.74, 6) is 0. The van der Waals surface area contributed by atoms with Crippen molar-refractivity contribution in [3.63, 3.8) is 0 Å². The van der Waals surface area contributed by atoms with E-state index >= 15 is 0 Å². The van der Waals surface area contributed by atoms with Gasteiger partial charge in [0.05, 0.1) is 6.07 Å². The van der Waals surface area contributed by atoms with Crippen molar-refractivity contribution in [2.45, 2.75) is 70.5 Å². The van der Waals surface area contributed by atoms with E-state index in [4.69, 9.17) is 0 Å². The lowest BCUT2D eigenvalue weighted by atomic mass is 10.2. The van der Waals surface area contributed by atoms with Crippen LogP contribution in [-0.2, 0) is 10.0 Å². The Bertz CT molecular complexity index is 596. The Labute approximate surface area is 153 Å². The highest BCUT2D eigenvalue weighted by Gasteiger charge is 2.32. The molecule has 0 radical (unpaired) electrons. The van der Waals surface area contributed by atoms with E-state index in [1.54, 1.807) is 28.6 Å². The second-order valence-electron chi connectivity index (χ2n) is 6.49. The number of hydrogen-bond acceptors (Lipinski definition) is 3. The minimum absolute atomic E-state index is 0.513. The second kappa shape index (κ2) is 12.1. The Hall–Kier alpha value is -1.38. The molecule has 140 valence electrons. The van der Waals surface area contributed by atoms with Crippen molar-refractivity contribution < 1.29 is 8.42 Å². The van der Waals surface area contributed by atoms with Crippen LogP contribution in [0.2, 0.25) is 0 Å². The van der Waals surface area contributed by atoms with E-state index in [1.807, 2.05) is 12.1 Å². The standard InChI is InChI=1S/C20H32N2O2S/c1-3-5-7-12-16-22(17-13-8-6-4-2)25(23,24)20(18-21)19-14-10-9-11-15-19/h9-11,14-15,20H,3-8,12-13,16-17H2,1-2H3. The summed E-state index contributed by atoms with van der Waals surface area (Å²) in [7, 11) is -3.67. The van der Waals surface area contributed by atoms with E-state index in [0.717, 1.165) is 51.4 Å². The first-order chi connectivity index (χ1) is 12.1. The molecule has 0 aromatic heterocycles. The minimum atomic E-state index is -3.67. The van der Waals surface area contributed by atoms with Crippen LogP contribution in [0.3, 0.4) is 0 Å². The van der Waals surface area contributed by atoms with Crippen LogP contribution in [0.1, 0.15) is 76.0 Å². The molecule has 0 fully saturated rings. The van der Waals surface area contributed by atoms with E-state index in [1.165, 1.54) is 0 Å². The summed E-state index contributed by atoms with van der Waals surface area (Å²) in [6.07, 6.45) is 8.23. The molecule has 1 rings (SSSR count). The maximum absolute atomic E-state index is 13.1. The number of unbranched alkanes of at least 4 members (excludes halogenated alkanes) is 6. The van der Waals surface area contributed by atoms with Crippen LogP contribution in [0, 0.1) is 11.3 Å². The molecule has 4 nitrogen and oxygen atoms in total. The third-order valence-electron chi connectivity index (χ3n) is 4.40. The molecular weight excluding hydrogens is 332 g/mol. The van der Waals surface area contributed by atoms with E-state index < -0.39 is 15.3 Å². The van der Waals surface area contributed by atoms with Crippen LogP contribution in [0.5, 0.6) is 0 Å². The van der Waals surface area contributed by atoms with E-state index in [-0.39, 0.29) is 0 Å². The first-order valence-electron chi connectivity index (χ1n) is 9.51. The summed E-state index contributed by atoms with van der Waals surface area (Å²) in [6, 6.07) is 10.8. The van der Waals surface area contributed by atoms with Crippen molar-refractivity contribution in [1.82, 2.24) is 4.31 Å². The molecule has 0 aliphatic heterocycles. The summed E-state index contributed by atoms with van der Waals surface area (Å²) in [5, 5.41) is 8.41. The molecule has 0 saturated heterocycles. The minimum Gasteiger partial charge on any atom is -0.210 e. The SMILES string of the molecule is CCCCCCN(CCCCCC)S(=O)(=O)C(C#N)c1ccccc1. The van der Waals surface area contributed by atoms with Crippen LogP contribution in [0.4, 0.5) is 0 Å². The number of hydrogen-bond donors (Lipinski definition) is 0. The van der Waals surface area contributed by atoms with E-state index in [0.29, 0.717) is 18.7 Å². The highest BCUT2D eigenvalue weighted by Crippen LogP contribution is 2.26. The lowest BCUT2D eigenvalue weighted by Gasteiger charge is -2.25. The molecule has 0 aliphatic carbocycles. The van der Waals surface area contributed by atoms with Crippen LogP contribution in [0.25, 0.3) is 0 Å². The monoisotopic (exact) mass is 364 g/mol. The summed E-state index contributed by atoms with van der Waals surface area (Å²) in [4.78, 5) is 0. The van der Waals surface area contributed by atoms with Gasteiger partial charge in [-0.15, -0.1) is 0 Å². The van der Waals surface area contributed by atoms with Crippen LogP contribution < -0.4 is 0 Å². The quantitative estimate of drug-likeness (QED) is 0.460. The van der Waals surface area contributed by atoms with Gasteiger partial charge in [0, 0.05) is 13.1 Å². The molecule has 1 aromatic rings. The van der Waals surface area contributed by atoms with Gasteiger partial charge in [0.2, 0.25) is 10.0 Å². The predicted octanol–water partition coefficient (Wildman–Crippen LogP) is 5.04. The number of nitrogens with zero attached hydrogens (tertiary/aromatic N) is 2. The van der Waals surface area contributed by atoms with Gasteiger partial charge in [0.25, 0.3) is 0 Å². The van der Waals surface area contributed by atoms with Gasteiger partial charge in [0.1, 0.15) is 0 Å². The molecule has 1 atom stereocenters. The first-order valence-corrected chi connectivity index (χ1v) is 11.0. The molecule has 5 heteroatoms. The zero-order valence-electron chi connectivity index (χ0n) is 15.7. The zero-order chi connectivity index (χ0) is 18.5. The zero-order valence-corrected chi connectivity index (χ0v) is 16.5. The molecule has 25 heavy (non-hydrogen) atoms. The predicted molar refractivity (Wildman–Crippen MR) is 104 cm³/mol. The molecule has 1 aromatic carbocycles. The van der Waals surface area contributed by atoms with Crippen LogP contribution in [0.15, 0.2) is 30.3 Å². The molecule has 0 spiro atoms. The molecule has 0 amide bonds. The number of sulfonamides is 1. The summed E-state index contributed by atoms with van der Waals surface area (Å²) in [6.45, 7) is 5.31. The number of rotatable bonds is 13. The van der Waals surface area contributed by atoms with Gasteiger partial charge in [-0.3, -0.25) is 0 Å². The number of benzene rings is 1. The third-order valence-corrected chi connectivity index (χ3v) is 6.46. The van der Waals surface area contributed by atoms with E-state index in [2.05, 4.69) is 13.8 Å². The maximum Gasteiger partial charge on any atom is 0.234 e. The molecule has 1 unspecified atom stereocenters. The van der Waals surface area contributed by atoms with Crippen molar-refractivity contribution >= 4 is 10.0 Å². The average molecular weight is 365 g/mol. The van der Waals surface area contributed by atoms with Crippen molar-refractivity contribution in [1.29, 1.82) is 5.26 Å². The van der Waals surface area contributed by atoms with Gasteiger partial charge in [-0.25, -0.2) is 12.7 Å². The van der Waals surface area contributed by atoms with Crippen molar-refractivity contribution in [3.8, 4) is 6.07 Å². The fraction of sp³-hybridized carbons (Fsp3) is 0.650. The molecule has 0 aliphatic rings. The van der Waals surface area contributed by atoms with Gasteiger partial charge in [-0.1, -0.05) is 82.7 Å². The van der Waals surface area contributed by atoms with Gasteiger partial charge in [0.15, 0.2) is 5.25 Å². The van der Waals surface area contributed by atoms with Crippen LogP contribution in [-0.4, -0.2) is 25.8 Å². The Morgan fingerprint density at radius 2 is 1.44 bits per heavy atom. The van der Waals surface area contributed by atoms with Gasteiger partial charge in [-0.2, -0.15) is 5.26 Å². The molecule has 0 heterocycles. The summed E-state index contributed by atoms with van der Waals surface area (Å²) >= 11 is 0. The second-order valence-corrected chi connectivity index (χ2v) is 8.50. The Kier molecular flexibility index (Phi) is 10.4. The Balaban J connectivity index is 2.88. The summed E-state index contributed by atoms with van der Waals surface area (Å²) < 4.78 is 27.7. The Morgan fingerprint density at radius 1 is 0.920 bits per heavy atom. The third kappa shape index (κ3) is 7.17. The average Bonchev–Trinajstić information content (AvgIpc) is 2.61. The molecule has 0 saturated carbocycles. The summed E-state index contributed by atoms with van der Waals surface area (Å²) in [5.41, 5.74) is 0.553. The fourth-order valence-corrected chi connectivity index (χ4v) is 4.59. The maximum atomic E-state index is 13.1. The number of nitriles is 1. The van der Waals surface area contributed by atoms with Gasteiger partial charge >= 0.3 is 0 Å². The van der Waals surface area contributed by atoms with Gasteiger partial charge in [-0.05, 0) is 18.4 Å². The van der Waals surface area contributed by atoms with Crippen molar-refractivity contribution in [2.75, 3.05) is 13.1 Å². The first kappa shape index (κ1) is 21.7. The lowest BCUT2D eigenvalue weighted by Crippen LogP contribution is -2.36. The molecule has 0 N–H and O–H groups in total. The highest BCUT2D eigenvalue weighted by atomic mass is 32.2. The van der Waals surface area contributed by atoms with Crippen molar-refractivity contribution in [3.05, 3.63) is 35.9 Å². The lowest BCUT2D eigenvalue weighted by molar-refractivity contribution is 0.383. The van der Waals surface area contributed by atoms with Crippen molar-refractivity contribution in [2.24, 2.45) is 0 Å². The smallest absolute Gasteiger partial charge is 0.210 e. The molecular formula is C20H32N2O2S. The fourth-order valence-electron chi connectivity index (χ4n) is 2.89. The largest absolute Gasteiger partial charge is 0.234 e. The normalized spacial score (nSPS) is 12.9. The topological polar surface area (TPSA) is 61.2 Å². The van der Waals surface area contributed by atoms with E-state index in [9.17, 15) is 13.7 Å². The Morgan fingerprint density at radius 3 is 1.88 bits per heavy atom. The highest BCUT2D eigenvalue weighted by molar-refractivity contribution is 7.89. The molecule has 0 bridgehead atoms.